The van der Waals surface area contributed by atoms with E-state index in [-0.39, 0.29) is 23.8 Å². The molecule has 26 heavy (non-hydrogen) atoms. The molecule has 0 saturated heterocycles. The molecule has 1 aromatic carbocycles. The Kier molecular flexibility index (Phi) is 4.05. The molecule has 0 spiro atoms. The number of amides is 1. The van der Waals surface area contributed by atoms with Crippen LogP contribution in [0.1, 0.15) is 29.2 Å². The lowest BCUT2D eigenvalue weighted by molar-refractivity contribution is -0.116. The monoisotopic (exact) mass is 389 g/mol. The maximum Gasteiger partial charge on any atom is 0.264 e. The number of rotatable bonds is 2. The van der Waals surface area contributed by atoms with Crippen molar-refractivity contribution in [2.45, 2.75) is 19.3 Å². The molecule has 9 heteroatoms. The van der Waals surface area contributed by atoms with Crippen molar-refractivity contribution in [1.82, 2.24) is 20.0 Å². The van der Waals surface area contributed by atoms with Crippen LogP contribution in [-0.2, 0) is 4.79 Å². The van der Waals surface area contributed by atoms with Gasteiger partial charge >= 0.3 is 0 Å². The highest BCUT2D eigenvalue weighted by Crippen LogP contribution is 2.43. The van der Waals surface area contributed by atoms with Gasteiger partial charge in [0.1, 0.15) is 5.82 Å². The summed E-state index contributed by atoms with van der Waals surface area (Å²) in [4.78, 5) is 23.6. The Morgan fingerprint density at radius 2 is 2.00 bits per heavy atom. The van der Waals surface area contributed by atoms with Gasteiger partial charge in [-0.15, -0.1) is 0 Å². The molecule has 0 unspecified atom stereocenters. The van der Waals surface area contributed by atoms with Crippen LogP contribution in [0.15, 0.2) is 35.1 Å². The standard InChI is InChI=1S/C17H13Cl2N5O2/c1-8-15-10(9-3-2-4-11(18)16(9)19)7-14(26)20-17(15)24(23-8)12-5-6-13(25)22-21-12/h2-6,10H,7H2,1H3,(H,20,26)(H,22,25)/t10-/m1/s1. The smallest absolute Gasteiger partial charge is 0.264 e. The van der Waals surface area contributed by atoms with E-state index >= 15 is 0 Å². The van der Waals surface area contributed by atoms with Crippen LogP contribution < -0.4 is 10.9 Å². The van der Waals surface area contributed by atoms with E-state index < -0.39 is 0 Å². The van der Waals surface area contributed by atoms with Crippen molar-refractivity contribution in [1.29, 1.82) is 0 Å². The number of fused-ring (bicyclic) bond motifs is 1. The number of H-pyrrole nitrogens is 1. The molecule has 0 bridgehead atoms. The lowest BCUT2D eigenvalue weighted by Gasteiger charge is -2.25. The predicted molar refractivity (Wildman–Crippen MR) is 98.3 cm³/mol. The minimum Gasteiger partial charge on any atom is -0.310 e. The van der Waals surface area contributed by atoms with Gasteiger partial charge in [-0.25, -0.2) is 5.10 Å². The number of aromatic nitrogens is 4. The Balaban J connectivity index is 1.91. The van der Waals surface area contributed by atoms with Crippen molar-refractivity contribution >= 4 is 34.9 Å². The van der Waals surface area contributed by atoms with Crippen molar-refractivity contribution in [3.63, 3.8) is 0 Å². The highest BCUT2D eigenvalue weighted by atomic mass is 35.5. The largest absolute Gasteiger partial charge is 0.310 e. The number of halogens is 2. The SMILES string of the molecule is Cc1nn(-c2ccc(=O)[nH]n2)c2c1[C@@H](c1cccc(Cl)c1Cl)CC(=O)N2. The zero-order chi connectivity index (χ0) is 18.4. The summed E-state index contributed by atoms with van der Waals surface area (Å²) in [5, 5.41) is 14.6. The molecule has 1 aliphatic rings. The van der Waals surface area contributed by atoms with Crippen LogP contribution in [0, 0.1) is 6.92 Å². The second-order valence-electron chi connectivity index (χ2n) is 5.99. The summed E-state index contributed by atoms with van der Waals surface area (Å²) in [7, 11) is 0. The second-order valence-corrected chi connectivity index (χ2v) is 6.77. The summed E-state index contributed by atoms with van der Waals surface area (Å²) < 4.78 is 1.50. The van der Waals surface area contributed by atoms with Gasteiger partial charge in [0.25, 0.3) is 5.56 Å². The number of hydrogen-bond acceptors (Lipinski definition) is 4. The lowest BCUT2D eigenvalue weighted by Crippen LogP contribution is -2.25. The molecule has 3 heterocycles. The molecule has 0 fully saturated rings. The van der Waals surface area contributed by atoms with Gasteiger partial charge in [0.2, 0.25) is 5.91 Å². The van der Waals surface area contributed by atoms with E-state index in [1.165, 1.54) is 16.8 Å². The molecule has 0 radical (unpaired) electrons. The van der Waals surface area contributed by atoms with Crippen LogP contribution in [0.25, 0.3) is 5.82 Å². The van der Waals surface area contributed by atoms with Crippen molar-refractivity contribution < 1.29 is 4.79 Å². The highest BCUT2D eigenvalue weighted by Gasteiger charge is 2.34. The van der Waals surface area contributed by atoms with E-state index in [0.717, 1.165) is 16.8 Å². The Labute approximate surface area is 157 Å². The minimum atomic E-state index is -0.320. The molecule has 0 aliphatic carbocycles. The van der Waals surface area contributed by atoms with E-state index in [4.69, 9.17) is 23.2 Å². The van der Waals surface area contributed by atoms with E-state index in [1.54, 1.807) is 12.1 Å². The van der Waals surface area contributed by atoms with Gasteiger partial charge in [-0.3, -0.25) is 9.59 Å². The molecule has 2 aromatic heterocycles. The first-order valence-electron chi connectivity index (χ1n) is 7.85. The fraction of sp³-hybridized carbons (Fsp3) is 0.176. The fourth-order valence-electron chi connectivity index (χ4n) is 3.22. The number of benzene rings is 1. The van der Waals surface area contributed by atoms with Gasteiger partial charge in [-0.2, -0.15) is 14.9 Å². The van der Waals surface area contributed by atoms with Crippen molar-refractivity contribution in [2.24, 2.45) is 0 Å². The van der Waals surface area contributed by atoms with E-state index in [2.05, 4.69) is 20.6 Å². The van der Waals surface area contributed by atoms with Gasteiger partial charge in [0.15, 0.2) is 5.82 Å². The maximum absolute atomic E-state index is 12.3. The minimum absolute atomic E-state index is 0.163. The molecule has 2 N–H and O–H groups in total. The second kappa shape index (κ2) is 6.26. The third kappa shape index (κ3) is 2.69. The van der Waals surface area contributed by atoms with Crippen LogP contribution in [-0.4, -0.2) is 25.9 Å². The van der Waals surface area contributed by atoms with Crippen LogP contribution in [0.4, 0.5) is 5.82 Å². The normalized spacial score (nSPS) is 16.3. The van der Waals surface area contributed by atoms with Crippen LogP contribution in [0.3, 0.4) is 0 Å². The average molecular weight is 390 g/mol. The number of aromatic amines is 1. The number of aryl methyl sites for hydroxylation is 1. The van der Waals surface area contributed by atoms with E-state index in [0.29, 0.717) is 21.7 Å². The van der Waals surface area contributed by atoms with Gasteiger partial charge in [-0.1, -0.05) is 35.3 Å². The molecular formula is C17H13Cl2N5O2. The molecule has 1 aliphatic heterocycles. The number of nitrogens with one attached hydrogen (secondary N) is 2. The average Bonchev–Trinajstić information content (AvgIpc) is 2.94. The Morgan fingerprint density at radius 1 is 1.19 bits per heavy atom. The molecule has 1 atom stereocenters. The zero-order valence-corrected chi connectivity index (χ0v) is 15.1. The topological polar surface area (TPSA) is 92.7 Å². The highest BCUT2D eigenvalue weighted by molar-refractivity contribution is 6.42. The Morgan fingerprint density at radius 3 is 2.73 bits per heavy atom. The lowest BCUT2D eigenvalue weighted by atomic mass is 9.86. The van der Waals surface area contributed by atoms with Crippen LogP contribution in [0.5, 0.6) is 0 Å². The predicted octanol–water partition coefficient (Wildman–Crippen LogP) is 3.04. The van der Waals surface area contributed by atoms with Crippen molar-refractivity contribution in [2.75, 3.05) is 5.32 Å². The molecular weight excluding hydrogens is 377 g/mol. The number of anilines is 1. The maximum atomic E-state index is 12.3. The summed E-state index contributed by atoms with van der Waals surface area (Å²) in [6.07, 6.45) is 0.235. The van der Waals surface area contributed by atoms with Crippen molar-refractivity contribution in [3.05, 3.63) is 67.6 Å². The molecule has 4 rings (SSSR count). The summed E-state index contributed by atoms with van der Waals surface area (Å²) in [5.74, 6) is 0.469. The number of carbonyl (C=O) groups is 1. The Hall–Kier alpha value is -2.64. The summed E-state index contributed by atoms with van der Waals surface area (Å²) in [6.45, 7) is 1.85. The Bertz CT molecular complexity index is 1070. The first kappa shape index (κ1) is 16.8. The third-order valence-corrected chi connectivity index (χ3v) is 5.17. The quantitative estimate of drug-likeness (QED) is 0.704. The summed E-state index contributed by atoms with van der Waals surface area (Å²) in [6, 6.07) is 8.25. The van der Waals surface area contributed by atoms with E-state index in [1.807, 2.05) is 13.0 Å². The van der Waals surface area contributed by atoms with E-state index in [9.17, 15) is 9.59 Å². The van der Waals surface area contributed by atoms with Gasteiger partial charge in [0.05, 0.1) is 15.7 Å². The van der Waals surface area contributed by atoms with Gasteiger partial charge in [-0.05, 0) is 24.6 Å². The van der Waals surface area contributed by atoms with Crippen LogP contribution >= 0.6 is 23.2 Å². The number of carbonyl (C=O) groups excluding carboxylic acids is 1. The number of hydrogen-bond donors (Lipinski definition) is 2. The molecule has 3 aromatic rings. The first-order valence-corrected chi connectivity index (χ1v) is 8.60. The third-order valence-electron chi connectivity index (χ3n) is 4.34. The number of nitrogens with zero attached hydrogens (tertiary/aromatic N) is 3. The summed E-state index contributed by atoms with van der Waals surface area (Å²) >= 11 is 12.5. The molecule has 7 nitrogen and oxygen atoms in total. The van der Waals surface area contributed by atoms with Crippen LogP contribution in [0.2, 0.25) is 10.0 Å². The molecule has 132 valence electrons. The fourth-order valence-corrected chi connectivity index (χ4v) is 3.66. The zero-order valence-electron chi connectivity index (χ0n) is 13.6. The van der Waals surface area contributed by atoms with Gasteiger partial charge in [0, 0.05) is 24.0 Å². The summed E-state index contributed by atoms with van der Waals surface area (Å²) in [5.41, 5.74) is 2.03. The van der Waals surface area contributed by atoms with Gasteiger partial charge < -0.3 is 5.32 Å². The van der Waals surface area contributed by atoms with Crippen molar-refractivity contribution in [3.8, 4) is 5.82 Å². The molecule has 1 amide bonds. The first-order chi connectivity index (χ1) is 12.5. The molecule has 0 saturated carbocycles.